The second-order valence-electron chi connectivity index (χ2n) is 4.03. The van der Waals surface area contributed by atoms with Crippen LogP contribution in [-0.2, 0) is 9.59 Å². The molecule has 1 heterocycles. The molecule has 1 saturated heterocycles. The van der Waals surface area contributed by atoms with E-state index in [-0.39, 0.29) is 5.57 Å². The summed E-state index contributed by atoms with van der Waals surface area (Å²) in [5, 5.41) is 4.99. The summed E-state index contributed by atoms with van der Waals surface area (Å²) in [6.45, 7) is 0. The van der Waals surface area contributed by atoms with Gasteiger partial charge in [-0.05, 0) is 12.1 Å². The first-order chi connectivity index (χ1) is 9.61. The summed E-state index contributed by atoms with van der Waals surface area (Å²) in [4.78, 5) is 23.3. The van der Waals surface area contributed by atoms with Crippen LogP contribution in [0.5, 0.6) is 5.75 Å². The van der Waals surface area contributed by atoms with E-state index >= 15 is 0 Å². The molecule has 0 bridgehead atoms. The fourth-order valence-corrected chi connectivity index (χ4v) is 1.98. The monoisotopic (exact) mass is 290 g/mol. The minimum Gasteiger partial charge on any atom is -0.496 e. The van der Waals surface area contributed by atoms with Crippen molar-refractivity contribution in [2.75, 3.05) is 7.11 Å². The number of carbonyl (C=O) groups is 2. The van der Waals surface area contributed by atoms with Gasteiger partial charge in [-0.1, -0.05) is 30.4 Å². The molecule has 2 rings (SSSR count). The number of benzene rings is 1. The summed E-state index contributed by atoms with van der Waals surface area (Å²) >= 11 is 3.97. The first kappa shape index (κ1) is 14.2. The van der Waals surface area contributed by atoms with Crippen LogP contribution in [0.3, 0.4) is 0 Å². The normalized spacial score (nSPS) is 18.7. The van der Waals surface area contributed by atoms with Crippen LogP contribution in [0.25, 0.3) is 6.08 Å². The molecular formula is C14H14N2O3S. The SMILES string of the molecule is COc1ccccc1/C=C/C=C1C(=O)NC(S)NC1=O. The van der Waals surface area contributed by atoms with Gasteiger partial charge in [0.25, 0.3) is 11.8 Å². The number of hydrogen-bond donors (Lipinski definition) is 3. The van der Waals surface area contributed by atoms with Crippen molar-refractivity contribution in [3.63, 3.8) is 0 Å². The topological polar surface area (TPSA) is 67.4 Å². The van der Waals surface area contributed by atoms with E-state index in [9.17, 15) is 9.59 Å². The summed E-state index contributed by atoms with van der Waals surface area (Å²) in [5.41, 5.74) is 0.252. The molecular weight excluding hydrogens is 276 g/mol. The van der Waals surface area contributed by atoms with E-state index in [2.05, 4.69) is 23.3 Å². The second-order valence-corrected chi connectivity index (χ2v) is 4.55. The molecule has 0 spiro atoms. The molecule has 1 aliphatic heterocycles. The van der Waals surface area contributed by atoms with Crippen LogP contribution in [0.2, 0.25) is 0 Å². The van der Waals surface area contributed by atoms with Crippen molar-refractivity contribution in [1.29, 1.82) is 0 Å². The molecule has 2 N–H and O–H groups in total. The third kappa shape index (κ3) is 3.21. The number of methoxy groups -OCH3 is 1. The standard InChI is InChI=1S/C14H14N2O3S/c1-19-11-8-3-2-5-9(11)6-4-7-10-12(17)15-14(20)16-13(10)18/h2-8,14,20H,1H3,(H,15,17)(H,16,18)/b6-4+,10-7?. The number of hydrogen-bond acceptors (Lipinski definition) is 4. The summed E-state index contributed by atoms with van der Waals surface area (Å²) in [6.07, 6.45) is 4.85. The van der Waals surface area contributed by atoms with Crippen molar-refractivity contribution in [2.45, 2.75) is 5.50 Å². The van der Waals surface area contributed by atoms with Gasteiger partial charge in [0.1, 0.15) is 16.8 Å². The lowest BCUT2D eigenvalue weighted by Crippen LogP contribution is -2.52. The number of para-hydroxylation sites is 1. The van der Waals surface area contributed by atoms with E-state index in [1.165, 1.54) is 6.08 Å². The Morgan fingerprint density at radius 1 is 1.20 bits per heavy atom. The van der Waals surface area contributed by atoms with E-state index in [0.29, 0.717) is 0 Å². The minimum absolute atomic E-state index is 0.0430. The Bertz CT molecular complexity index is 576. The highest BCUT2D eigenvalue weighted by Gasteiger charge is 2.26. The maximum atomic E-state index is 11.6. The highest BCUT2D eigenvalue weighted by atomic mass is 32.1. The molecule has 104 valence electrons. The molecule has 2 amide bonds. The van der Waals surface area contributed by atoms with E-state index in [4.69, 9.17) is 4.74 Å². The zero-order valence-electron chi connectivity index (χ0n) is 10.8. The first-order valence-electron chi connectivity index (χ1n) is 5.93. The van der Waals surface area contributed by atoms with Gasteiger partial charge in [0.2, 0.25) is 0 Å². The number of nitrogens with one attached hydrogen (secondary N) is 2. The van der Waals surface area contributed by atoms with Gasteiger partial charge in [0.15, 0.2) is 0 Å². The minimum atomic E-state index is -0.648. The van der Waals surface area contributed by atoms with Crippen LogP contribution in [0.15, 0.2) is 42.0 Å². The van der Waals surface area contributed by atoms with Gasteiger partial charge >= 0.3 is 0 Å². The van der Waals surface area contributed by atoms with E-state index in [0.717, 1.165) is 11.3 Å². The van der Waals surface area contributed by atoms with Crippen LogP contribution < -0.4 is 15.4 Å². The maximum absolute atomic E-state index is 11.6. The molecule has 0 atom stereocenters. The molecule has 0 aromatic heterocycles. The third-order valence-electron chi connectivity index (χ3n) is 2.70. The number of carbonyl (C=O) groups excluding carboxylic acids is 2. The van der Waals surface area contributed by atoms with Gasteiger partial charge in [-0.25, -0.2) is 0 Å². The molecule has 1 aromatic rings. The molecule has 5 nitrogen and oxygen atoms in total. The summed E-state index contributed by atoms with van der Waals surface area (Å²) in [6, 6.07) is 7.45. The zero-order chi connectivity index (χ0) is 14.5. The lowest BCUT2D eigenvalue weighted by molar-refractivity contribution is -0.126. The van der Waals surface area contributed by atoms with Gasteiger partial charge in [-0.15, -0.1) is 12.6 Å². The largest absolute Gasteiger partial charge is 0.496 e. The Balaban J connectivity index is 2.18. The Labute approximate surface area is 122 Å². The van der Waals surface area contributed by atoms with Gasteiger partial charge in [-0.2, -0.15) is 0 Å². The van der Waals surface area contributed by atoms with Crippen molar-refractivity contribution < 1.29 is 14.3 Å². The molecule has 0 unspecified atom stereocenters. The number of amides is 2. The smallest absolute Gasteiger partial charge is 0.259 e. The second kappa shape index (κ2) is 6.29. The average Bonchev–Trinajstić information content (AvgIpc) is 2.42. The molecule has 20 heavy (non-hydrogen) atoms. The first-order valence-corrected chi connectivity index (χ1v) is 6.44. The van der Waals surface area contributed by atoms with E-state index in [1.54, 1.807) is 19.3 Å². The van der Waals surface area contributed by atoms with E-state index < -0.39 is 17.3 Å². The van der Waals surface area contributed by atoms with Crippen LogP contribution in [-0.4, -0.2) is 24.4 Å². The highest BCUT2D eigenvalue weighted by molar-refractivity contribution is 7.80. The highest BCUT2D eigenvalue weighted by Crippen LogP contribution is 2.18. The molecule has 0 aliphatic carbocycles. The summed E-state index contributed by atoms with van der Waals surface area (Å²) in [5.74, 6) is -0.174. The van der Waals surface area contributed by atoms with Gasteiger partial charge in [0.05, 0.1) is 7.11 Å². The molecule has 6 heteroatoms. The van der Waals surface area contributed by atoms with Crippen molar-refractivity contribution in [3.05, 3.63) is 47.6 Å². The average molecular weight is 290 g/mol. The zero-order valence-corrected chi connectivity index (χ0v) is 11.7. The predicted molar refractivity (Wildman–Crippen MR) is 79.2 cm³/mol. The van der Waals surface area contributed by atoms with Crippen molar-refractivity contribution in [1.82, 2.24) is 10.6 Å². The van der Waals surface area contributed by atoms with Gasteiger partial charge in [0, 0.05) is 5.56 Å². The summed E-state index contributed by atoms with van der Waals surface area (Å²) < 4.78 is 5.20. The van der Waals surface area contributed by atoms with Crippen LogP contribution in [0, 0.1) is 0 Å². The Hall–Kier alpha value is -2.21. The third-order valence-corrected chi connectivity index (χ3v) is 2.96. The number of rotatable bonds is 3. The number of ether oxygens (including phenoxy) is 1. The van der Waals surface area contributed by atoms with E-state index in [1.807, 2.05) is 24.3 Å². The maximum Gasteiger partial charge on any atom is 0.259 e. The molecule has 0 radical (unpaired) electrons. The Morgan fingerprint density at radius 2 is 1.85 bits per heavy atom. The number of allylic oxidation sites excluding steroid dienone is 2. The molecule has 1 aromatic carbocycles. The number of thiol groups is 1. The van der Waals surface area contributed by atoms with Gasteiger partial charge < -0.3 is 15.4 Å². The lowest BCUT2D eigenvalue weighted by Gasteiger charge is -2.21. The fraction of sp³-hybridized carbons (Fsp3) is 0.143. The van der Waals surface area contributed by atoms with Gasteiger partial charge in [-0.3, -0.25) is 9.59 Å². The van der Waals surface area contributed by atoms with Crippen LogP contribution in [0.1, 0.15) is 5.56 Å². The molecule has 1 aliphatic rings. The molecule has 1 fully saturated rings. The van der Waals surface area contributed by atoms with Crippen LogP contribution in [0.4, 0.5) is 0 Å². The van der Waals surface area contributed by atoms with Crippen molar-refractivity contribution in [2.24, 2.45) is 0 Å². The Kier molecular flexibility index (Phi) is 4.47. The van der Waals surface area contributed by atoms with Crippen LogP contribution >= 0.6 is 12.6 Å². The fourth-order valence-electron chi connectivity index (χ4n) is 1.75. The van der Waals surface area contributed by atoms with Crippen molar-refractivity contribution >= 4 is 30.5 Å². The predicted octanol–water partition coefficient (Wildman–Crippen LogP) is 1.09. The molecule has 0 saturated carbocycles. The lowest BCUT2D eigenvalue weighted by atomic mass is 10.1. The van der Waals surface area contributed by atoms with Crippen molar-refractivity contribution in [3.8, 4) is 5.75 Å². The Morgan fingerprint density at radius 3 is 2.50 bits per heavy atom. The summed E-state index contributed by atoms with van der Waals surface area (Å²) in [7, 11) is 1.58. The quantitative estimate of drug-likeness (QED) is 0.443.